The monoisotopic (exact) mass is 248 g/mol. The number of aliphatic hydroxyl groups excluding tert-OH is 1. The maximum atomic E-state index is 9.38. The van der Waals surface area contributed by atoms with Crippen LogP contribution in [0.4, 0.5) is 11.6 Å². The largest absolute Gasteiger partial charge is 0.394 e. The lowest BCUT2D eigenvalue weighted by molar-refractivity contribution is 0.266. The third-order valence-electron chi connectivity index (χ3n) is 3.95. The molecule has 98 valence electrons. The summed E-state index contributed by atoms with van der Waals surface area (Å²) in [6.07, 6.45) is 6.34. The van der Waals surface area contributed by atoms with Gasteiger partial charge in [-0.3, -0.25) is 0 Å². The molecular weight excluding hydrogens is 228 g/mol. The molecule has 5 nitrogen and oxygen atoms in total. The molecule has 3 rings (SSSR count). The molecule has 0 saturated carbocycles. The molecule has 0 aliphatic carbocycles. The number of anilines is 2. The molecular formula is C13H20N4O. The highest BCUT2D eigenvalue weighted by atomic mass is 16.3. The summed E-state index contributed by atoms with van der Waals surface area (Å²) in [5.41, 5.74) is 0. The number of rotatable bonds is 3. The van der Waals surface area contributed by atoms with Crippen LogP contribution in [0.25, 0.3) is 0 Å². The highest BCUT2D eigenvalue weighted by molar-refractivity contribution is 5.51. The smallest absolute Gasteiger partial charge is 0.134 e. The molecule has 0 bridgehead atoms. The van der Waals surface area contributed by atoms with E-state index in [0.717, 1.165) is 44.1 Å². The Bertz CT molecular complexity index is 406. The van der Waals surface area contributed by atoms with E-state index in [9.17, 15) is 5.11 Å². The van der Waals surface area contributed by atoms with Crippen molar-refractivity contribution >= 4 is 11.6 Å². The van der Waals surface area contributed by atoms with Crippen LogP contribution in [0.5, 0.6) is 0 Å². The van der Waals surface area contributed by atoms with Gasteiger partial charge in [0, 0.05) is 25.7 Å². The molecule has 0 aromatic carbocycles. The van der Waals surface area contributed by atoms with Crippen molar-refractivity contribution in [3.63, 3.8) is 0 Å². The summed E-state index contributed by atoms with van der Waals surface area (Å²) in [4.78, 5) is 13.3. The van der Waals surface area contributed by atoms with Crippen LogP contribution < -0.4 is 9.80 Å². The van der Waals surface area contributed by atoms with Crippen molar-refractivity contribution in [2.75, 3.05) is 36.0 Å². The molecule has 2 fully saturated rings. The van der Waals surface area contributed by atoms with Gasteiger partial charge in [-0.1, -0.05) is 0 Å². The molecule has 3 heterocycles. The van der Waals surface area contributed by atoms with Crippen LogP contribution in [0.3, 0.4) is 0 Å². The van der Waals surface area contributed by atoms with E-state index in [1.165, 1.54) is 12.8 Å². The average molecular weight is 248 g/mol. The maximum absolute atomic E-state index is 9.38. The lowest BCUT2D eigenvalue weighted by Crippen LogP contribution is -2.33. The average Bonchev–Trinajstić information content (AvgIpc) is 3.10. The first-order chi connectivity index (χ1) is 8.88. The van der Waals surface area contributed by atoms with Crippen molar-refractivity contribution < 1.29 is 5.11 Å². The first-order valence-electron chi connectivity index (χ1n) is 6.83. The number of nitrogens with zero attached hydrogens (tertiary/aromatic N) is 4. The van der Waals surface area contributed by atoms with Gasteiger partial charge < -0.3 is 14.9 Å². The predicted octanol–water partition coefficient (Wildman–Crippen LogP) is 1.04. The minimum absolute atomic E-state index is 0.211. The first kappa shape index (κ1) is 11.7. The molecule has 2 saturated heterocycles. The van der Waals surface area contributed by atoms with Gasteiger partial charge in [-0.15, -0.1) is 0 Å². The Hall–Kier alpha value is -1.36. The molecule has 2 aliphatic heterocycles. The lowest BCUT2D eigenvalue weighted by atomic mass is 10.2. The van der Waals surface area contributed by atoms with E-state index in [-0.39, 0.29) is 12.6 Å². The standard InChI is InChI=1S/C13H20N4O/c18-9-11-4-3-7-17(11)13-8-12(14-10-15-13)16-5-1-2-6-16/h8,10-11,18H,1-7,9H2/t11-/m0/s1. The predicted molar refractivity (Wildman–Crippen MR) is 70.9 cm³/mol. The van der Waals surface area contributed by atoms with Gasteiger partial charge >= 0.3 is 0 Å². The molecule has 18 heavy (non-hydrogen) atoms. The molecule has 2 aliphatic rings. The van der Waals surface area contributed by atoms with Gasteiger partial charge in [0.05, 0.1) is 12.6 Å². The van der Waals surface area contributed by atoms with Crippen LogP contribution in [0, 0.1) is 0 Å². The van der Waals surface area contributed by atoms with Crippen molar-refractivity contribution in [2.24, 2.45) is 0 Å². The van der Waals surface area contributed by atoms with E-state index < -0.39 is 0 Å². The number of hydrogen-bond donors (Lipinski definition) is 1. The molecule has 1 N–H and O–H groups in total. The van der Waals surface area contributed by atoms with Gasteiger partial charge in [0.1, 0.15) is 18.0 Å². The Morgan fingerprint density at radius 3 is 2.67 bits per heavy atom. The Kier molecular flexibility index (Phi) is 3.32. The molecule has 1 atom stereocenters. The third-order valence-corrected chi connectivity index (χ3v) is 3.95. The molecule has 5 heteroatoms. The molecule has 1 aromatic rings. The molecule has 0 spiro atoms. The minimum atomic E-state index is 0.211. The van der Waals surface area contributed by atoms with E-state index in [1.807, 2.05) is 0 Å². The molecule has 1 aromatic heterocycles. The van der Waals surface area contributed by atoms with E-state index in [1.54, 1.807) is 6.33 Å². The van der Waals surface area contributed by atoms with Crippen molar-refractivity contribution in [1.82, 2.24) is 9.97 Å². The number of aliphatic hydroxyl groups is 1. The summed E-state index contributed by atoms with van der Waals surface area (Å²) in [5, 5.41) is 9.38. The molecule has 0 unspecified atom stereocenters. The first-order valence-corrected chi connectivity index (χ1v) is 6.83. The lowest BCUT2D eigenvalue weighted by Gasteiger charge is -2.25. The van der Waals surface area contributed by atoms with E-state index in [4.69, 9.17) is 0 Å². The molecule has 0 radical (unpaired) electrons. The Balaban J connectivity index is 1.81. The van der Waals surface area contributed by atoms with Crippen molar-refractivity contribution in [1.29, 1.82) is 0 Å². The minimum Gasteiger partial charge on any atom is -0.394 e. The Morgan fingerprint density at radius 2 is 1.89 bits per heavy atom. The molecule has 0 amide bonds. The Labute approximate surface area is 107 Å². The van der Waals surface area contributed by atoms with Gasteiger partial charge in [-0.2, -0.15) is 0 Å². The second-order valence-electron chi connectivity index (χ2n) is 5.10. The SMILES string of the molecule is OC[C@@H]1CCCN1c1cc(N2CCCC2)ncn1. The summed E-state index contributed by atoms with van der Waals surface area (Å²) < 4.78 is 0. The fraction of sp³-hybridized carbons (Fsp3) is 0.692. The van der Waals surface area contributed by atoms with Crippen LogP contribution in [0.2, 0.25) is 0 Å². The second kappa shape index (κ2) is 5.10. The van der Waals surface area contributed by atoms with Crippen molar-refractivity contribution in [3.8, 4) is 0 Å². The van der Waals surface area contributed by atoms with Gasteiger partial charge in [0.2, 0.25) is 0 Å². The fourth-order valence-corrected chi connectivity index (χ4v) is 2.94. The summed E-state index contributed by atoms with van der Waals surface area (Å²) in [6, 6.07) is 2.30. The normalized spacial score (nSPS) is 23.9. The fourth-order valence-electron chi connectivity index (χ4n) is 2.94. The van der Waals surface area contributed by atoms with Gasteiger partial charge in [-0.05, 0) is 25.7 Å². The summed E-state index contributed by atoms with van der Waals surface area (Å²) in [7, 11) is 0. The number of aromatic nitrogens is 2. The quantitative estimate of drug-likeness (QED) is 0.866. The van der Waals surface area contributed by atoms with Crippen LogP contribution in [-0.4, -0.2) is 47.4 Å². The van der Waals surface area contributed by atoms with Crippen LogP contribution in [0.1, 0.15) is 25.7 Å². The summed E-state index contributed by atoms with van der Waals surface area (Å²) in [5.74, 6) is 1.99. The second-order valence-corrected chi connectivity index (χ2v) is 5.10. The maximum Gasteiger partial charge on any atom is 0.134 e. The van der Waals surface area contributed by atoms with Gasteiger partial charge in [0.25, 0.3) is 0 Å². The van der Waals surface area contributed by atoms with Crippen molar-refractivity contribution in [2.45, 2.75) is 31.7 Å². The van der Waals surface area contributed by atoms with Crippen LogP contribution >= 0.6 is 0 Å². The topological polar surface area (TPSA) is 52.5 Å². The Morgan fingerprint density at radius 1 is 1.11 bits per heavy atom. The highest BCUT2D eigenvalue weighted by Crippen LogP contribution is 2.26. The van der Waals surface area contributed by atoms with Gasteiger partial charge in [0.15, 0.2) is 0 Å². The summed E-state index contributed by atoms with van der Waals surface area (Å²) in [6.45, 7) is 3.39. The van der Waals surface area contributed by atoms with Crippen molar-refractivity contribution in [3.05, 3.63) is 12.4 Å². The zero-order valence-electron chi connectivity index (χ0n) is 10.6. The third kappa shape index (κ3) is 2.14. The van der Waals surface area contributed by atoms with E-state index >= 15 is 0 Å². The highest BCUT2D eigenvalue weighted by Gasteiger charge is 2.25. The van der Waals surface area contributed by atoms with E-state index in [0.29, 0.717) is 0 Å². The van der Waals surface area contributed by atoms with Gasteiger partial charge in [-0.25, -0.2) is 9.97 Å². The van der Waals surface area contributed by atoms with E-state index in [2.05, 4.69) is 25.8 Å². The zero-order chi connectivity index (χ0) is 12.4. The van der Waals surface area contributed by atoms with Crippen LogP contribution in [0.15, 0.2) is 12.4 Å². The van der Waals surface area contributed by atoms with Crippen LogP contribution in [-0.2, 0) is 0 Å². The zero-order valence-corrected chi connectivity index (χ0v) is 10.6. The number of hydrogen-bond acceptors (Lipinski definition) is 5. The summed E-state index contributed by atoms with van der Waals surface area (Å²) >= 11 is 0.